The number of carbonyl (C=O) groups is 1. The summed E-state index contributed by atoms with van der Waals surface area (Å²) in [4.78, 5) is 13.0. The Morgan fingerprint density at radius 1 is 1.38 bits per heavy atom. The summed E-state index contributed by atoms with van der Waals surface area (Å²) in [6.07, 6.45) is 0.345. The number of hydrogen-bond acceptors (Lipinski definition) is 2. The quantitative estimate of drug-likeness (QED) is 0.876. The lowest BCUT2D eigenvalue weighted by Gasteiger charge is -2.16. The molecule has 0 aliphatic rings. The van der Waals surface area contributed by atoms with E-state index >= 15 is 0 Å². The first-order chi connectivity index (χ1) is 7.13. The average molecular weight is 247 g/mol. The molecule has 5 heteroatoms. The van der Waals surface area contributed by atoms with E-state index in [2.05, 4.69) is 0 Å². The summed E-state index contributed by atoms with van der Waals surface area (Å²) < 4.78 is 12.6. The van der Waals surface area contributed by atoms with Gasteiger partial charge in [0.25, 0.3) is 0 Å². The molecule has 0 aliphatic carbocycles. The van der Waals surface area contributed by atoms with Gasteiger partial charge in [-0.1, -0.05) is 12.1 Å². The monoisotopic (exact) mass is 246 g/mol. The standard InChI is InChI=1S/C11H15FN2O.ClH/c1-14(11(15)6-7-13)8-9-2-4-10(12)5-3-9;/h2-5H,6-8,13H2,1H3;1H. The van der Waals surface area contributed by atoms with E-state index in [0.29, 0.717) is 19.5 Å². The second-order valence-corrected chi connectivity index (χ2v) is 3.41. The number of amides is 1. The van der Waals surface area contributed by atoms with Gasteiger partial charge in [-0.3, -0.25) is 4.79 Å². The van der Waals surface area contributed by atoms with Crippen molar-refractivity contribution in [1.29, 1.82) is 0 Å². The van der Waals surface area contributed by atoms with Gasteiger partial charge in [-0.2, -0.15) is 0 Å². The lowest BCUT2D eigenvalue weighted by molar-refractivity contribution is -0.130. The number of nitrogens with two attached hydrogens (primary N) is 1. The van der Waals surface area contributed by atoms with Crippen molar-refractivity contribution < 1.29 is 9.18 Å². The van der Waals surface area contributed by atoms with Crippen LogP contribution in [0.5, 0.6) is 0 Å². The zero-order valence-electron chi connectivity index (χ0n) is 9.15. The summed E-state index contributed by atoms with van der Waals surface area (Å²) in [6.45, 7) is 0.839. The largest absolute Gasteiger partial charge is 0.341 e. The third-order valence-corrected chi connectivity index (χ3v) is 2.12. The molecule has 0 atom stereocenters. The smallest absolute Gasteiger partial charge is 0.223 e. The van der Waals surface area contributed by atoms with Crippen molar-refractivity contribution in [2.24, 2.45) is 5.73 Å². The molecule has 1 rings (SSSR count). The number of nitrogens with zero attached hydrogens (tertiary/aromatic N) is 1. The van der Waals surface area contributed by atoms with E-state index in [1.165, 1.54) is 12.1 Å². The molecule has 0 saturated heterocycles. The molecule has 0 aliphatic heterocycles. The molecule has 16 heavy (non-hydrogen) atoms. The van der Waals surface area contributed by atoms with Gasteiger partial charge in [-0.25, -0.2) is 4.39 Å². The predicted molar refractivity (Wildman–Crippen MR) is 63.8 cm³/mol. The first kappa shape index (κ1) is 14.9. The van der Waals surface area contributed by atoms with E-state index in [-0.39, 0.29) is 24.1 Å². The zero-order valence-corrected chi connectivity index (χ0v) is 9.97. The Labute approximate surface area is 101 Å². The fourth-order valence-corrected chi connectivity index (χ4v) is 1.27. The second-order valence-electron chi connectivity index (χ2n) is 3.41. The van der Waals surface area contributed by atoms with E-state index in [0.717, 1.165) is 5.56 Å². The summed E-state index contributed by atoms with van der Waals surface area (Å²) in [7, 11) is 1.71. The van der Waals surface area contributed by atoms with Gasteiger partial charge in [0.2, 0.25) is 5.91 Å². The lowest BCUT2D eigenvalue weighted by Crippen LogP contribution is -2.27. The normalized spacial score (nSPS) is 9.44. The van der Waals surface area contributed by atoms with Crippen molar-refractivity contribution in [3.8, 4) is 0 Å². The van der Waals surface area contributed by atoms with Crippen LogP contribution in [0, 0.1) is 5.82 Å². The van der Waals surface area contributed by atoms with E-state index in [9.17, 15) is 9.18 Å². The maximum Gasteiger partial charge on any atom is 0.223 e. The highest BCUT2D eigenvalue weighted by Gasteiger charge is 2.07. The van der Waals surface area contributed by atoms with Crippen molar-refractivity contribution in [1.82, 2.24) is 4.90 Å². The molecule has 0 saturated carbocycles. The summed E-state index contributed by atoms with van der Waals surface area (Å²) in [5.74, 6) is -0.267. The van der Waals surface area contributed by atoms with Crippen LogP contribution in [0.2, 0.25) is 0 Å². The Balaban J connectivity index is 0.00000225. The summed E-state index contributed by atoms with van der Waals surface area (Å²) in [5, 5.41) is 0. The summed E-state index contributed by atoms with van der Waals surface area (Å²) >= 11 is 0. The Morgan fingerprint density at radius 2 is 1.94 bits per heavy atom. The van der Waals surface area contributed by atoms with Gasteiger partial charge in [0.15, 0.2) is 0 Å². The van der Waals surface area contributed by atoms with Crippen LogP contribution in [-0.2, 0) is 11.3 Å². The average Bonchev–Trinajstić information content (AvgIpc) is 2.22. The highest BCUT2D eigenvalue weighted by molar-refractivity contribution is 5.85. The third-order valence-electron chi connectivity index (χ3n) is 2.12. The van der Waals surface area contributed by atoms with Crippen LogP contribution in [-0.4, -0.2) is 24.4 Å². The molecule has 0 aromatic heterocycles. The minimum atomic E-state index is -0.269. The Kier molecular flexibility index (Phi) is 6.69. The summed E-state index contributed by atoms with van der Waals surface area (Å²) in [6, 6.07) is 6.11. The van der Waals surface area contributed by atoms with Crippen LogP contribution >= 0.6 is 12.4 Å². The minimum Gasteiger partial charge on any atom is -0.341 e. The Hall–Kier alpha value is -1.13. The van der Waals surface area contributed by atoms with Gasteiger partial charge in [-0.05, 0) is 17.7 Å². The molecular weight excluding hydrogens is 231 g/mol. The number of halogens is 2. The Morgan fingerprint density at radius 3 is 2.44 bits per heavy atom. The molecule has 3 nitrogen and oxygen atoms in total. The third kappa shape index (κ3) is 4.59. The van der Waals surface area contributed by atoms with Crippen molar-refractivity contribution in [2.75, 3.05) is 13.6 Å². The Bertz CT molecular complexity index is 329. The minimum absolute atomic E-state index is 0. The fourth-order valence-electron chi connectivity index (χ4n) is 1.27. The van der Waals surface area contributed by atoms with Crippen molar-refractivity contribution >= 4 is 18.3 Å². The number of carbonyl (C=O) groups excluding carboxylic acids is 1. The molecule has 0 unspecified atom stereocenters. The molecule has 0 fully saturated rings. The van der Waals surface area contributed by atoms with Crippen molar-refractivity contribution in [3.63, 3.8) is 0 Å². The molecule has 1 aromatic carbocycles. The molecule has 0 heterocycles. The first-order valence-electron chi connectivity index (χ1n) is 4.82. The van der Waals surface area contributed by atoms with Crippen LogP contribution in [0.4, 0.5) is 4.39 Å². The van der Waals surface area contributed by atoms with Crippen LogP contribution in [0.15, 0.2) is 24.3 Å². The maximum absolute atomic E-state index is 12.6. The van der Waals surface area contributed by atoms with E-state index < -0.39 is 0 Å². The van der Waals surface area contributed by atoms with Gasteiger partial charge in [0.05, 0.1) is 0 Å². The number of benzene rings is 1. The number of rotatable bonds is 4. The second kappa shape index (κ2) is 7.19. The molecule has 0 bridgehead atoms. The van der Waals surface area contributed by atoms with Gasteiger partial charge in [0.1, 0.15) is 5.82 Å². The van der Waals surface area contributed by atoms with Crippen LogP contribution in [0.25, 0.3) is 0 Å². The van der Waals surface area contributed by atoms with Gasteiger partial charge in [0, 0.05) is 26.6 Å². The number of hydrogen-bond donors (Lipinski definition) is 1. The SMILES string of the molecule is CN(Cc1ccc(F)cc1)C(=O)CCN.Cl. The van der Waals surface area contributed by atoms with E-state index in [4.69, 9.17) is 5.73 Å². The maximum atomic E-state index is 12.6. The molecular formula is C11H16ClFN2O. The molecule has 0 spiro atoms. The highest BCUT2D eigenvalue weighted by atomic mass is 35.5. The van der Waals surface area contributed by atoms with Gasteiger partial charge in [-0.15, -0.1) is 12.4 Å². The van der Waals surface area contributed by atoms with Crippen LogP contribution in [0.1, 0.15) is 12.0 Å². The van der Waals surface area contributed by atoms with E-state index in [1.54, 1.807) is 24.1 Å². The first-order valence-corrected chi connectivity index (χ1v) is 4.82. The predicted octanol–water partition coefficient (Wildman–Crippen LogP) is 1.55. The van der Waals surface area contributed by atoms with Gasteiger partial charge >= 0.3 is 0 Å². The molecule has 1 amide bonds. The fraction of sp³-hybridized carbons (Fsp3) is 0.364. The molecule has 1 aromatic rings. The zero-order chi connectivity index (χ0) is 11.3. The summed E-state index contributed by atoms with van der Waals surface area (Å²) in [5.41, 5.74) is 6.19. The van der Waals surface area contributed by atoms with Gasteiger partial charge < -0.3 is 10.6 Å². The van der Waals surface area contributed by atoms with Crippen LogP contribution < -0.4 is 5.73 Å². The van der Waals surface area contributed by atoms with E-state index in [1.807, 2.05) is 0 Å². The molecule has 90 valence electrons. The topological polar surface area (TPSA) is 46.3 Å². The van der Waals surface area contributed by atoms with Crippen LogP contribution in [0.3, 0.4) is 0 Å². The molecule has 0 radical (unpaired) electrons. The lowest BCUT2D eigenvalue weighted by atomic mass is 10.2. The highest BCUT2D eigenvalue weighted by Crippen LogP contribution is 2.06. The van der Waals surface area contributed by atoms with Crippen molar-refractivity contribution in [2.45, 2.75) is 13.0 Å². The van der Waals surface area contributed by atoms with Crippen molar-refractivity contribution in [3.05, 3.63) is 35.6 Å². The molecule has 2 N–H and O–H groups in total.